The van der Waals surface area contributed by atoms with Gasteiger partial charge in [0.2, 0.25) is 11.8 Å². The zero-order chi connectivity index (χ0) is 19.9. The lowest BCUT2D eigenvalue weighted by Crippen LogP contribution is -2.28. The highest BCUT2D eigenvalue weighted by molar-refractivity contribution is 8.15. The third-order valence-corrected chi connectivity index (χ3v) is 4.88. The highest BCUT2D eigenvalue weighted by atomic mass is 32.2. The van der Waals surface area contributed by atoms with Crippen molar-refractivity contribution in [3.8, 4) is 11.5 Å². The molecule has 2 aromatic carbocycles. The van der Waals surface area contributed by atoms with Crippen molar-refractivity contribution in [2.75, 3.05) is 12.4 Å². The lowest BCUT2D eigenvalue weighted by molar-refractivity contribution is -0.122. The highest BCUT2D eigenvalue weighted by Gasteiger charge is 2.32. The molecule has 3 N–H and O–H groups in total. The molecule has 3 rings (SSSR count). The summed E-state index contributed by atoms with van der Waals surface area (Å²) in [4.78, 5) is 24.2. The molecule has 1 fully saturated rings. The van der Waals surface area contributed by atoms with E-state index < -0.39 is 5.25 Å². The number of thioether (sulfide) groups is 1. The zero-order valence-electron chi connectivity index (χ0n) is 15.0. The number of amidine groups is 1. The van der Waals surface area contributed by atoms with Crippen molar-refractivity contribution in [3.63, 3.8) is 0 Å². The molecule has 2 aromatic rings. The summed E-state index contributed by atoms with van der Waals surface area (Å²) in [6.45, 7) is 0. The fourth-order valence-electron chi connectivity index (χ4n) is 2.38. The molecule has 0 bridgehead atoms. The fourth-order valence-corrected chi connectivity index (χ4v) is 3.31. The number of phenolic OH excluding ortho intramolecular Hbond substituents is 1. The van der Waals surface area contributed by atoms with Crippen molar-refractivity contribution >= 4 is 40.6 Å². The van der Waals surface area contributed by atoms with Crippen LogP contribution in [0.4, 0.5) is 5.69 Å². The van der Waals surface area contributed by atoms with E-state index >= 15 is 0 Å². The Labute approximate surface area is 165 Å². The normalized spacial score (nSPS) is 17.7. The summed E-state index contributed by atoms with van der Waals surface area (Å²) in [7, 11) is 1.56. The topological polar surface area (TPSA) is 112 Å². The van der Waals surface area contributed by atoms with Crippen LogP contribution in [0.3, 0.4) is 0 Å². The second-order valence-corrected chi connectivity index (χ2v) is 6.98. The first kappa shape index (κ1) is 19.4. The number of nitrogens with one attached hydrogen (secondary N) is 2. The van der Waals surface area contributed by atoms with Gasteiger partial charge >= 0.3 is 0 Å². The Morgan fingerprint density at radius 2 is 2.04 bits per heavy atom. The summed E-state index contributed by atoms with van der Waals surface area (Å²) in [5.74, 6) is 0.194. The molecular formula is C19H18N4O4S. The van der Waals surface area contributed by atoms with E-state index in [0.29, 0.717) is 22.2 Å². The number of ether oxygens (including phenoxy) is 1. The van der Waals surface area contributed by atoms with Crippen LogP contribution in [0.15, 0.2) is 58.7 Å². The minimum absolute atomic E-state index is 0.00470. The maximum absolute atomic E-state index is 12.2. The molecule has 1 atom stereocenters. The first-order valence-electron chi connectivity index (χ1n) is 8.35. The van der Waals surface area contributed by atoms with E-state index in [0.717, 1.165) is 11.8 Å². The number of carbonyl (C=O) groups is 2. The summed E-state index contributed by atoms with van der Waals surface area (Å²) in [5.41, 5.74) is 1.13. The van der Waals surface area contributed by atoms with Gasteiger partial charge in [-0.25, -0.2) is 0 Å². The van der Waals surface area contributed by atoms with Crippen LogP contribution < -0.4 is 15.4 Å². The van der Waals surface area contributed by atoms with Gasteiger partial charge in [0.05, 0.1) is 13.3 Å². The second kappa shape index (κ2) is 9.05. The summed E-state index contributed by atoms with van der Waals surface area (Å²) >= 11 is 1.14. The maximum Gasteiger partial charge on any atom is 0.240 e. The average molecular weight is 398 g/mol. The average Bonchev–Trinajstić information content (AvgIpc) is 3.03. The Morgan fingerprint density at radius 3 is 2.75 bits per heavy atom. The van der Waals surface area contributed by atoms with Crippen molar-refractivity contribution in [1.29, 1.82) is 0 Å². The van der Waals surface area contributed by atoms with Crippen LogP contribution in [0.2, 0.25) is 0 Å². The molecule has 1 aliphatic heterocycles. The number of rotatable bonds is 6. The van der Waals surface area contributed by atoms with Gasteiger partial charge < -0.3 is 20.5 Å². The Hall–Kier alpha value is -3.33. The van der Waals surface area contributed by atoms with Gasteiger partial charge in [0.15, 0.2) is 5.17 Å². The number of carbonyl (C=O) groups excluding carboxylic acids is 2. The van der Waals surface area contributed by atoms with Crippen molar-refractivity contribution < 1.29 is 19.4 Å². The summed E-state index contributed by atoms with van der Waals surface area (Å²) < 4.78 is 5.07. The molecule has 1 aliphatic rings. The summed E-state index contributed by atoms with van der Waals surface area (Å²) in [6, 6.07) is 13.6. The number of aromatic hydroxyl groups is 1. The number of anilines is 1. The van der Waals surface area contributed by atoms with Crippen molar-refractivity contribution in [3.05, 3.63) is 54.1 Å². The van der Waals surface area contributed by atoms with Crippen molar-refractivity contribution in [2.24, 2.45) is 10.2 Å². The van der Waals surface area contributed by atoms with E-state index in [-0.39, 0.29) is 24.0 Å². The van der Waals surface area contributed by atoms with Gasteiger partial charge in [-0.05, 0) is 36.4 Å². The van der Waals surface area contributed by atoms with Crippen LogP contribution in [-0.2, 0) is 9.59 Å². The molecule has 0 saturated carbocycles. The summed E-state index contributed by atoms with van der Waals surface area (Å²) in [6.07, 6.45) is 1.39. The number of amides is 2. The maximum atomic E-state index is 12.2. The van der Waals surface area contributed by atoms with Gasteiger partial charge in [-0.2, -0.15) is 5.10 Å². The third kappa shape index (κ3) is 5.10. The number of hydrogen-bond acceptors (Lipinski definition) is 7. The molecule has 1 saturated heterocycles. The molecule has 2 amide bonds. The first-order valence-corrected chi connectivity index (χ1v) is 9.23. The van der Waals surface area contributed by atoms with Gasteiger partial charge in [0.1, 0.15) is 16.7 Å². The van der Waals surface area contributed by atoms with Crippen LogP contribution in [0.1, 0.15) is 12.0 Å². The Kier molecular flexibility index (Phi) is 6.28. The third-order valence-electron chi connectivity index (χ3n) is 3.80. The molecule has 28 heavy (non-hydrogen) atoms. The Balaban J connectivity index is 1.55. The first-order chi connectivity index (χ1) is 13.5. The van der Waals surface area contributed by atoms with E-state index in [4.69, 9.17) is 4.74 Å². The predicted molar refractivity (Wildman–Crippen MR) is 109 cm³/mol. The number of para-hydroxylation sites is 1. The SMILES string of the molecule is COc1ccc(NC(=O)C[C@@H]2S/C(=N/N=C/c3ccccc3O)NC2=O)cc1. The molecule has 0 aliphatic carbocycles. The monoisotopic (exact) mass is 398 g/mol. The van der Waals surface area contributed by atoms with Crippen molar-refractivity contribution in [1.82, 2.24) is 5.32 Å². The molecule has 8 nitrogen and oxygen atoms in total. The zero-order valence-corrected chi connectivity index (χ0v) is 15.8. The number of phenols is 1. The molecule has 0 unspecified atom stereocenters. The van der Waals surface area contributed by atoms with Crippen molar-refractivity contribution in [2.45, 2.75) is 11.7 Å². The van der Waals surface area contributed by atoms with Crippen LogP contribution >= 0.6 is 11.8 Å². The Bertz CT molecular complexity index is 928. The predicted octanol–water partition coefficient (Wildman–Crippen LogP) is 2.35. The molecule has 9 heteroatoms. The van der Waals surface area contributed by atoms with Gasteiger partial charge in [-0.1, -0.05) is 23.9 Å². The lowest BCUT2D eigenvalue weighted by atomic mass is 10.2. The number of methoxy groups -OCH3 is 1. The van der Waals surface area contributed by atoms with Gasteiger partial charge in [0.25, 0.3) is 0 Å². The molecule has 0 spiro atoms. The fraction of sp³-hybridized carbons (Fsp3) is 0.158. The van der Waals surface area contributed by atoms with Crippen LogP contribution in [0.5, 0.6) is 11.5 Å². The highest BCUT2D eigenvalue weighted by Crippen LogP contribution is 2.23. The second-order valence-electron chi connectivity index (χ2n) is 5.79. The lowest BCUT2D eigenvalue weighted by Gasteiger charge is -2.08. The van der Waals surface area contributed by atoms with Crippen LogP contribution in [0.25, 0.3) is 0 Å². The molecule has 0 radical (unpaired) electrons. The number of hydrogen-bond donors (Lipinski definition) is 3. The van der Waals surface area contributed by atoms with Crippen LogP contribution in [0, 0.1) is 0 Å². The van der Waals surface area contributed by atoms with Gasteiger partial charge in [-0.15, -0.1) is 5.10 Å². The molecule has 144 valence electrons. The Morgan fingerprint density at radius 1 is 1.29 bits per heavy atom. The number of nitrogens with zero attached hydrogens (tertiary/aromatic N) is 2. The van der Waals surface area contributed by atoms with Gasteiger partial charge in [0, 0.05) is 17.7 Å². The van der Waals surface area contributed by atoms with E-state index in [2.05, 4.69) is 20.8 Å². The van der Waals surface area contributed by atoms with E-state index in [1.54, 1.807) is 49.6 Å². The van der Waals surface area contributed by atoms with E-state index in [9.17, 15) is 14.7 Å². The minimum Gasteiger partial charge on any atom is -0.507 e. The standard InChI is InChI=1S/C19H18N4O4S/c1-27-14-8-6-13(7-9-14)21-17(25)10-16-18(26)22-19(28-16)23-20-11-12-4-2-3-5-15(12)24/h2-9,11,16,24H,10H2,1H3,(H,21,25)(H,22,23,26)/b20-11+/t16-/m0/s1. The van der Waals surface area contributed by atoms with E-state index in [1.807, 2.05) is 0 Å². The smallest absolute Gasteiger partial charge is 0.240 e. The minimum atomic E-state index is -0.586. The van der Waals surface area contributed by atoms with E-state index in [1.165, 1.54) is 12.3 Å². The molecule has 1 heterocycles. The van der Waals surface area contributed by atoms with Crippen LogP contribution in [-0.4, -0.2) is 40.7 Å². The van der Waals surface area contributed by atoms with Gasteiger partial charge in [-0.3, -0.25) is 9.59 Å². The largest absolute Gasteiger partial charge is 0.507 e. The summed E-state index contributed by atoms with van der Waals surface area (Å²) in [5, 5.41) is 22.5. The number of benzene rings is 2. The molecule has 0 aromatic heterocycles. The molecular weight excluding hydrogens is 380 g/mol. The quantitative estimate of drug-likeness (QED) is 0.511.